The summed E-state index contributed by atoms with van der Waals surface area (Å²) >= 11 is 1.73. The van der Waals surface area contributed by atoms with Crippen LogP contribution in [-0.2, 0) is 4.57 Å². The van der Waals surface area contributed by atoms with Crippen LogP contribution in [0.25, 0.3) is 0 Å². The Morgan fingerprint density at radius 3 is 2.59 bits per heavy atom. The molecule has 0 saturated carbocycles. The molecule has 0 bridgehead atoms. The number of nitrogens with one attached hydrogen (secondary N) is 1. The van der Waals surface area contributed by atoms with Crippen LogP contribution in [0.3, 0.4) is 0 Å². The van der Waals surface area contributed by atoms with E-state index in [1.807, 2.05) is 18.2 Å². The maximum absolute atomic E-state index is 12.5. The molecule has 10 heteroatoms. The summed E-state index contributed by atoms with van der Waals surface area (Å²) in [6, 6.07) is 6.27. The number of nitrogens with zero attached hydrogens (tertiary/aromatic N) is 1. The Kier molecular flexibility index (Phi) is 10.4. The zero-order valence-electron chi connectivity index (χ0n) is 15.9. The number of amides is 1. The van der Waals surface area contributed by atoms with Crippen LogP contribution in [0, 0.1) is 0 Å². The van der Waals surface area contributed by atoms with Crippen LogP contribution in [0.5, 0.6) is 5.75 Å². The summed E-state index contributed by atoms with van der Waals surface area (Å²) in [7, 11) is -3.03. The first-order valence-corrected chi connectivity index (χ1v) is 11.4. The van der Waals surface area contributed by atoms with Crippen LogP contribution in [-0.4, -0.2) is 64.0 Å². The highest BCUT2D eigenvalue weighted by Gasteiger charge is 2.24. The van der Waals surface area contributed by atoms with Gasteiger partial charge in [0.2, 0.25) is 0 Å². The Morgan fingerprint density at radius 2 is 2.04 bits per heavy atom. The van der Waals surface area contributed by atoms with Crippen LogP contribution >= 0.6 is 19.6 Å². The molecular weight excluding hydrogens is 391 g/mol. The van der Waals surface area contributed by atoms with Crippen LogP contribution in [0.15, 0.2) is 23.1 Å². The van der Waals surface area contributed by atoms with E-state index in [-0.39, 0.29) is 5.91 Å². The van der Waals surface area contributed by atoms with Gasteiger partial charge in [0.25, 0.3) is 5.91 Å². The average molecular weight is 420 g/mol. The molecule has 0 aromatic heterocycles. The predicted molar refractivity (Wildman–Crippen MR) is 106 cm³/mol. The van der Waals surface area contributed by atoms with Gasteiger partial charge in [-0.15, -0.1) is 11.8 Å². The molecule has 1 fully saturated rings. The minimum absolute atomic E-state index is 0.0432. The number of rotatable bonds is 7. The fraction of sp³-hybridized carbons (Fsp3) is 0.588. The summed E-state index contributed by atoms with van der Waals surface area (Å²) in [5.74, 6) is 1.58. The lowest BCUT2D eigenvalue weighted by Crippen LogP contribution is -2.40. The molecule has 1 aromatic carbocycles. The summed E-state index contributed by atoms with van der Waals surface area (Å²) in [4.78, 5) is 37.6. The average Bonchev–Trinajstić information content (AvgIpc) is 3.06. The second kappa shape index (κ2) is 11.7. The summed E-state index contributed by atoms with van der Waals surface area (Å²) in [5.41, 5.74) is 0.627. The number of thioether (sulfide) groups is 1. The topological polar surface area (TPSA) is 119 Å². The van der Waals surface area contributed by atoms with Gasteiger partial charge >= 0.3 is 7.82 Å². The van der Waals surface area contributed by atoms with Crippen molar-refractivity contribution in [3.63, 3.8) is 0 Å². The number of methoxy groups -OCH3 is 1. The molecule has 27 heavy (non-hydrogen) atoms. The van der Waals surface area contributed by atoms with Crippen molar-refractivity contribution in [1.82, 2.24) is 10.2 Å². The molecular formula is C17H29N2O6PS. The number of carbonyl (C=O) groups excluding carboxylic acids is 1. The van der Waals surface area contributed by atoms with Gasteiger partial charge in [-0.3, -0.25) is 9.69 Å². The Hall–Kier alpha value is -1.09. The number of hydrogen-bond donors (Lipinski definition) is 4. The van der Waals surface area contributed by atoms with Gasteiger partial charge in [0, 0.05) is 17.5 Å². The smallest absolute Gasteiger partial charge is 0.466 e. The molecule has 8 nitrogen and oxygen atoms in total. The number of likely N-dealkylation sites (tertiary alicyclic amines) is 1. The van der Waals surface area contributed by atoms with E-state index in [1.54, 1.807) is 18.9 Å². The molecule has 0 radical (unpaired) electrons. The van der Waals surface area contributed by atoms with E-state index in [9.17, 15) is 4.79 Å². The second-order valence-corrected chi connectivity index (χ2v) is 8.31. The maximum Gasteiger partial charge on any atom is 0.466 e. The van der Waals surface area contributed by atoms with Crippen molar-refractivity contribution in [3.05, 3.63) is 23.8 Å². The van der Waals surface area contributed by atoms with Crippen LogP contribution < -0.4 is 10.1 Å². The Labute approximate surface area is 164 Å². The zero-order chi connectivity index (χ0) is 20.4. The molecule has 2 rings (SSSR count). The zero-order valence-corrected chi connectivity index (χ0v) is 17.6. The first-order chi connectivity index (χ1) is 12.7. The molecule has 1 atom stereocenters. The Morgan fingerprint density at radius 1 is 1.37 bits per heavy atom. The minimum Gasteiger partial charge on any atom is -0.496 e. The fourth-order valence-electron chi connectivity index (χ4n) is 2.97. The fourth-order valence-corrected chi connectivity index (χ4v) is 3.67. The third-order valence-corrected chi connectivity index (χ3v) is 5.01. The minimum atomic E-state index is -4.64. The van der Waals surface area contributed by atoms with E-state index in [1.165, 1.54) is 6.42 Å². The molecule has 1 amide bonds. The van der Waals surface area contributed by atoms with Crippen molar-refractivity contribution in [2.24, 2.45) is 0 Å². The van der Waals surface area contributed by atoms with Gasteiger partial charge in [-0.25, -0.2) is 4.57 Å². The summed E-state index contributed by atoms with van der Waals surface area (Å²) in [6.45, 7) is 7.18. The van der Waals surface area contributed by atoms with Crippen molar-refractivity contribution >= 4 is 25.5 Å². The summed E-state index contributed by atoms with van der Waals surface area (Å²) < 4.78 is 14.2. The largest absolute Gasteiger partial charge is 0.496 e. The van der Waals surface area contributed by atoms with Gasteiger partial charge in [-0.2, -0.15) is 0 Å². The monoisotopic (exact) mass is 420 g/mol. The predicted octanol–water partition coefficient (Wildman–Crippen LogP) is 2.09. The first-order valence-electron chi connectivity index (χ1n) is 8.80. The van der Waals surface area contributed by atoms with E-state index < -0.39 is 7.82 Å². The van der Waals surface area contributed by atoms with E-state index in [0.29, 0.717) is 23.9 Å². The molecule has 1 saturated heterocycles. The quantitative estimate of drug-likeness (QED) is 0.391. The second-order valence-electron chi connectivity index (χ2n) is 5.94. The van der Waals surface area contributed by atoms with E-state index in [2.05, 4.69) is 24.1 Å². The van der Waals surface area contributed by atoms with Gasteiger partial charge < -0.3 is 24.7 Å². The molecule has 4 N–H and O–H groups in total. The van der Waals surface area contributed by atoms with Gasteiger partial charge in [0.05, 0.1) is 12.7 Å². The highest BCUT2D eigenvalue weighted by atomic mass is 32.2. The third kappa shape index (κ3) is 9.10. The molecule has 154 valence electrons. The Bertz CT molecular complexity index is 646. The van der Waals surface area contributed by atoms with E-state index >= 15 is 0 Å². The lowest BCUT2D eigenvalue weighted by atomic mass is 10.1. The number of carbonyl (C=O) groups is 1. The van der Waals surface area contributed by atoms with Gasteiger partial charge in [-0.05, 0) is 49.9 Å². The number of ether oxygens (including phenoxy) is 1. The lowest BCUT2D eigenvalue weighted by Gasteiger charge is -2.23. The van der Waals surface area contributed by atoms with Gasteiger partial charge in [-0.1, -0.05) is 13.8 Å². The molecule has 1 heterocycles. The number of hydrogen-bond acceptors (Lipinski definition) is 5. The summed E-state index contributed by atoms with van der Waals surface area (Å²) in [5, 5.41) is 3.08. The summed E-state index contributed by atoms with van der Waals surface area (Å²) in [6.07, 6.45) is 2.39. The lowest BCUT2D eigenvalue weighted by molar-refractivity contribution is 0.0938. The van der Waals surface area contributed by atoms with Crippen LogP contribution in [0.4, 0.5) is 0 Å². The third-order valence-electron chi connectivity index (χ3n) is 4.13. The number of phosphoric acid groups is 1. The van der Waals surface area contributed by atoms with Crippen molar-refractivity contribution < 1.29 is 28.8 Å². The highest BCUT2D eigenvalue weighted by Crippen LogP contribution is 2.26. The first kappa shape index (κ1) is 23.9. The van der Waals surface area contributed by atoms with E-state index in [0.717, 1.165) is 30.2 Å². The highest BCUT2D eigenvalue weighted by molar-refractivity contribution is 7.99. The van der Waals surface area contributed by atoms with Crippen molar-refractivity contribution in [1.29, 1.82) is 0 Å². The van der Waals surface area contributed by atoms with Crippen molar-refractivity contribution in [2.75, 3.05) is 32.5 Å². The molecule has 1 aromatic rings. The number of likely N-dealkylation sites (N-methyl/N-ethyl adjacent to an activating group) is 1. The van der Waals surface area contributed by atoms with Gasteiger partial charge in [0.1, 0.15) is 5.75 Å². The van der Waals surface area contributed by atoms with Crippen molar-refractivity contribution in [2.45, 2.75) is 37.6 Å². The molecule has 0 aliphatic carbocycles. The SMILES string of the molecule is CCSc1ccc(OC)c(C(=O)NCC2CCCN2CC)c1.O=P(O)(O)O. The van der Waals surface area contributed by atoms with E-state index in [4.69, 9.17) is 24.0 Å². The normalized spacial score (nSPS) is 17.2. The maximum atomic E-state index is 12.5. The molecule has 1 aliphatic rings. The van der Waals surface area contributed by atoms with Crippen LogP contribution in [0.2, 0.25) is 0 Å². The van der Waals surface area contributed by atoms with Gasteiger partial charge in [0.15, 0.2) is 0 Å². The molecule has 0 spiro atoms. The number of benzene rings is 1. The Balaban J connectivity index is 0.000000646. The van der Waals surface area contributed by atoms with Crippen LogP contribution in [0.1, 0.15) is 37.0 Å². The molecule has 1 unspecified atom stereocenters. The van der Waals surface area contributed by atoms with Crippen molar-refractivity contribution in [3.8, 4) is 5.75 Å². The molecule has 1 aliphatic heterocycles. The standard InChI is InChI=1S/C17H26N2O2S.H3O4P/c1-4-19-10-6-7-13(19)12-18-17(20)15-11-14(22-5-2)8-9-16(15)21-3;1-5(2,3)4/h8-9,11,13H,4-7,10,12H2,1-3H3,(H,18,20);(H3,1,2,3,4).